The maximum atomic E-state index is 6.04. The van der Waals surface area contributed by atoms with Gasteiger partial charge in [0, 0.05) is 30.4 Å². The van der Waals surface area contributed by atoms with Crippen LogP contribution < -0.4 is 4.57 Å². The SMILES string of the molecule is c1cc2c(cn1)-c1oc3sc4cnccc4c3[n+]1C2. The summed E-state index contributed by atoms with van der Waals surface area (Å²) in [6.07, 6.45) is 7.44. The van der Waals surface area contributed by atoms with Gasteiger partial charge in [-0.1, -0.05) is 11.3 Å². The van der Waals surface area contributed by atoms with Gasteiger partial charge in [0.15, 0.2) is 6.54 Å². The molecule has 0 atom stereocenters. The molecule has 5 rings (SSSR count). The monoisotopic (exact) mass is 266 g/mol. The van der Waals surface area contributed by atoms with E-state index in [2.05, 4.69) is 26.7 Å². The van der Waals surface area contributed by atoms with E-state index in [1.165, 1.54) is 21.2 Å². The average molecular weight is 266 g/mol. The third-order valence-corrected chi connectivity index (χ3v) is 4.62. The van der Waals surface area contributed by atoms with Gasteiger partial charge in [-0.3, -0.25) is 9.97 Å². The molecule has 0 aliphatic carbocycles. The van der Waals surface area contributed by atoms with Crippen LogP contribution >= 0.6 is 11.3 Å². The van der Waals surface area contributed by atoms with Gasteiger partial charge in [0.05, 0.1) is 10.1 Å². The first kappa shape index (κ1) is 9.63. The van der Waals surface area contributed by atoms with Crippen LogP contribution in [0, 0.1) is 0 Å². The van der Waals surface area contributed by atoms with Gasteiger partial charge in [-0.2, -0.15) is 4.57 Å². The minimum absolute atomic E-state index is 0.855. The van der Waals surface area contributed by atoms with Gasteiger partial charge in [0.1, 0.15) is 5.56 Å². The first-order chi connectivity index (χ1) is 9.42. The van der Waals surface area contributed by atoms with Crippen LogP contribution in [0.1, 0.15) is 5.56 Å². The first-order valence-corrected chi connectivity index (χ1v) is 6.85. The van der Waals surface area contributed by atoms with Crippen molar-refractivity contribution in [2.45, 2.75) is 6.54 Å². The number of oxazole rings is 1. The number of thiophene rings is 1. The second kappa shape index (κ2) is 3.19. The molecule has 0 bridgehead atoms. The van der Waals surface area contributed by atoms with E-state index in [-0.39, 0.29) is 0 Å². The van der Waals surface area contributed by atoms with Crippen molar-refractivity contribution < 1.29 is 8.98 Å². The van der Waals surface area contributed by atoms with Crippen LogP contribution in [0.2, 0.25) is 0 Å². The highest BCUT2D eigenvalue weighted by Gasteiger charge is 2.35. The highest BCUT2D eigenvalue weighted by atomic mass is 32.1. The van der Waals surface area contributed by atoms with E-state index >= 15 is 0 Å². The van der Waals surface area contributed by atoms with Crippen LogP contribution in [0.5, 0.6) is 0 Å². The molecular weight excluding hydrogens is 258 g/mol. The molecule has 5 heterocycles. The van der Waals surface area contributed by atoms with E-state index in [1.54, 1.807) is 11.3 Å². The lowest BCUT2D eigenvalue weighted by molar-refractivity contribution is -0.648. The molecular formula is C14H8N3OS+. The Balaban J connectivity index is 1.94. The van der Waals surface area contributed by atoms with E-state index in [1.807, 2.05) is 24.8 Å². The molecule has 4 aromatic rings. The summed E-state index contributed by atoms with van der Waals surface area (Å²) in [4.78, 5) is 9.33. The van der Waals surface area contributed by atoms with Gasteiger partial charge >= 0.3 is 5.89 Å². The predicted molar refractivity (Wildman–Crippen MR) is 71.9 cm³/mol. The van der Waals surface area contributed by atoms with Gasteiger partial charge in [-0.15, -0.1) is 0 Å². The fourth-order valence-corrected chi connectivity index (χ4v) is 3.78. The molecule has 0 aromatic carbocycles. The maximum absolute atomic E-state index is 6.04. The van der Waals surface area contributed by atoms with E-state index < -0.39 is 0 Å². The number of hydrogen-bond acceptors (Lipinski definition) is 4. The number of aromatic nitrogens is 3. The molecule has 1 aliphatic heterocycles. The third-order valence-electron chi connectivity index (χ3n) is 3.61. The molecule has 0 fully saturated rings. The Morgan fingerprint density at radius 1 is 1.16 bits per heavy atom. The van der Waals surface area contributed by atoms with E-state index in [9.17, 15) is 0 Å². The zero-order valence-corrected chi connectivity index (χ0v) is 10.6. The van der Waals surface area contributed by atoms with E-state index in [4.69, 9.17) is 4.42 Å². The van der Waals surface area contributed by atoms with Crippen LogP contribution in [-0.4, -0.2) is 9.97 Å². The van der Waals surface area contributed by atoms with Crippen molar-refractivity contribution in [2.75, 3.05) is 0 Å². The Hall–Kier alpha value is -2.27. The minimum atomic E-state index is 0.855. The van der Waals surface area contributed by atoms with Crippen molar-refractivity contribution in [3.8, 4) is 11.5 Å². The highest BCUT2D eigenvalue weighted by Crippen LogP contribution is 2.37. The topological polar surface area (TPSA) is 42.8 Å². The lowest BCUT2D eigenvalue weighted by Gasteiger charge is -1.88. The molecule has 0 saturated carbocycles. The molecule has 4 nitrogen and oxygen atoms in total. The largest absolute Gasteiger partial charge is 0.386 e. The normalized spacial score (nSPS) is 13.1. The highest BCUT2D eigenvalue weighted by molar-refractivity contribution is 7.25. The van der Waals surface area contributed by atoms with Gasteiger partial charge < -0.3 is 4.42 Å². The summed E-state index contributed by atoms with van der Waals surface area (Å²) in [7, 11) is 0. The molecule has 0 N–H and O–H groups in total. The summed E-state index contributed by atoms with van der Waals surface area (Å²) >= 11 is 1.65. The number of fused-ring (bicyclic) bond motifs is 7. The molecule has 1 aliphatic rings. The second-order valence-electron chi connectivity index (χ2n) is 4.64. The number of pyridine rings is 2. The summed E-state index contributed by atoms with van der Waals surface area (Å²) in [5.41, 5.74) is 3.55. The number of rotatable bonds is 0. The van der Waals surface area contributed by atoms with Crippen molar-refractivity contribution in [2.24, 2.45) is 0 Å². The average Bonchev–Trinajstić information content (AvgIpc) is 3.05. The summed E-state index contributed by atoms with van der Waals surface area (Å²) in [6, 6.07) is 4.11. The maximum Gasteiger partial charge on any atom is 0.384 e. The molecule has 0 radical (unpaired) electrons. The van der Waals surface area contributed by atoms with Crippen LogP contribution in [0.15, 0.2) is 41.3 Å². The molecule has 19 heavy (non-hydrogen) atoms. The minimum Gasteiger partial charge on any atom is -0.386 e. The number of hydrogen-bond donors (Lipinski definition) is 0. The fourth-order valence-electron chi connectivity index (χ4n) is 2.76. The van der Waals surface area contributed by atoms with Crippen molar-refractivity contribution in [1.29, 1.82) is 0 Å². The molecule has 0 unspecified atom stereocenters. The molecule has 0 saturated heterocycles. The Labute approximate surface area is 112 Å². The zero-order chi connectivity index (χ0) is 12.4. The van der Waals surface area contributed by atoms with Crippen molar-refractivity contribution in [3.63, 3.8) is 0 Å². The molecule has 4 aromatic heterocycles. The standard InChI is InChI=1S/C14H8N3OS/c1-3-15-5-10-8(1)7-17-12-9-2-4-16-6-11(9)19-14(12)18-13(10)17/h1-6H,7H2/q+1. The zero-order valence-electron chi connectivity index (χ0n) is 9.83. The summed E-state index contributed by atoms with van der Waals surface area (Å²) in [5.74, 6) is 0.920. The van der Waals surface area contributed by atoms with Crippen molar-refractivity contribution in [1.82, 2.24) is 9.97 Å². The van der Waals surface area contributed by atoms with Crippen LogP contribution in [0.25, 0.3) is 32.0 Å². The van der Waals surface area contributed by atoms with Crippen LogP contribution in [0.3, 0.4) is 0 Å². The predicted octanol–water partition coefficient (Wildman–Crippen LogP) is 2.75. The van der Waals surface area contributed by atoms with Gasteiger partial charge in [-0.05, 0) is 12.1 Å². The third kappa shape index (κ3) is 1.11. The Kier molecular flexibility index (Phi) is 1.62. The quantitative estimate of drug-likeness (QED) is 0.405. The molecule has 0 spiro atoms. The lowest BCUT2D eigenvalue weighted by Crippen LogP contribution is -2.30. The van der Waals surface area contributed by atoms with Crippen LogP contribution in [-0.2, 0) is 6.54 Å². The van der Waals surface area contributed by atoms with Gasteiger partial charge in [-0.25, -0.2) is 0 Å². The fraction of sp³-hybridized carbons (Fsp3) is 0.0714. The Morgan fingerprint density at radius 2 is 2.05 bits per heavy atom. The van der Waals surface area contributed by atoms with Crippen molar-refractivity contribution >= 4 is 31.8 Å². The molecule has 5 heteroatoms. The summed E-state index contributed by atoms with van der Waals surface area (Å²) < 4.78 is 9.44. The van der Waals surface area contributed by atoms with E-state index in [0.29, 0.717) is 0 Å². The van der Waals surface area contributed by atoms with Gasteiger partial charge in [0.25, 0.3) is 10.4 Å². The molecule has 90 valence electrons. The summed E-state index contributed by atoms with van der Waals surface area (Å²) in [6.45, 7) is 0.855. The van der Waals surface area contributed by atoms with Gasteiger partial charge in [0.2, 0.25) is 0 Å². The van der Waals surface area contributed by atoms with Crippen LogP contribution in [0.4, 0.5) is 0 Å². The summed E-state index contributed by atoms with van der Waals surface area (Å²) in [5, 5.41) is 1.21. The Bertz CT molecular complexity index is 954. The number of nitrogens with zero attached hydrogens (tertiary/aromatic N) is 3. The first-order valence-electron chi connectivity index (χ1n) is 6.04. The van der Waals surface area contributed by atoms with Crippen molar-refractivity contribution in [3.05, 3.63) is 42.5 Å². The second-order valence-corrected chi connectivity index (χ2v) is 5.65. The smallest absolute Gasteiger partial charge is 0.384 e. The van der Waals surface area contributed by atoms with E-state index in [0.717, 1.165) is 22.9 Å². The molecule has 0 amide bonds. The Morgan fingerprint density at radius 3 is 3.05 bits per heavy atom. The lowest BCUT2D eigenvalue weighted by atomic mass is 10.2.